The van der Waals surface area contributed by atoms with Crippen LogP contribution >= 0.6 is 11.6 Å². The smallest absolute Gasteiger partial charge is 0.416 e. The van der Waals surface area contributed by atoms with Gasteiger partial charge in [0.1, 0.15) is 11.4 Å². The molecule has 1 fully saturated rings. The normalized spacial score (nSPS) is 18.3. The van der Waals surface area contributed by atoms with Crippen molar-refractivity contribution in [3.8, 4) is 5.69 Å². The zero-order chi connectivity index (χ0) is 31.2. The van der Waals surface area contributed by atoms with Crippen LogP contribution in [0.5, 0.6) is 0 Å². The lowest BCUT2D eigenvalue weighted by molar-refractivity contribution is 0.0582. The summed E-state index contributed by atoms with van der Waals surface area (Å²) in [7, 11) is 0. The van der Waals surface area contributed by atoms with Gasteiger partial charge in [-0.25, -0.2) is 14.6 Å². The molecule has 1 N–H and O–H groups in total. The van der Waals surface area contributed by atoms with E-state index >= 15 is 0 Å². The van der Waals surface area contributed by atoms with Crippen LogP contribution in [0.15, 0.2) is 53.6 Å². The molecule has 0 unspecified atom stereocenters. The molecule has 0 atom stereocenters. The molecule has 1 saturated carbocycles. The number of nitrogens with zero attached hydrogens (tertiary/aromatic N) is 5. The van der Waals surface area contributed by atoms with Crippen LogP contribution in [0, 0.1) is 12.8 Å². The monoisotopic (exact) mass is 616 g/mol. The van der Waals surface area contributed by atoms with Crippen LogP contribution in [0.4, 0.5) is 10.6 Å². The molecule has 0 saturated heterocycles. The van der Waals surface area contributed by atoms with E-state index in [4.69, 9.17) is 16.3 Å². The number of amides is 2. The van der Waals surface area contributed by atoms with Crippen molar-refractivity contribution in [1.82, 2.24) is 24.4 Å². The first-order valence-corrected chi connectivity index (χ1v) is 15.5. The van der Waals surface area contributed by atoms with Crippen molar-refractivity contribution in [3.05, 3.63) is 81.1 Å². The maximum absolute atomic E-state index is 14.0. The highest BCUT2D eigenvalue weighted by Gasteiger charge is 2.31. The van der Waals surface area contributed by atoms with E-state index < -0.39 is 11.7 Å². The third-order valence-corrected chi connectivity index (χ3v) is 8.62. The van der Waals surface area contributed by atoms with E-state index in [1.165, 1.54) is 0 Å². The number of anilines is 1. The van der Waals surface area contributed by atoms with E-state index in [1.54, 1.807) is 34.9 Å². The maximum Gasteiger partial charge on any atom is 0.416 e. The lowest BCUT2D eigenvalue weighted by Crippen LogP contribution is -2.39. The molecule has 0 bridgehead atoms. The molecular weight excluding hydrogens is 580 g/mol. The van der Waals surface area contributed by atoms with Crippen LogP contribution in [0.1, 0.15) is 68.1 Å². The Balaban J connectivity index is 1.18. The molecule has 3 aromatic heterocycles. The Morgan fingerprint density at radius 3 is 2.50 bits per heavy atom. The molecule has 11 heteroatoms. The van der Waals surface area contributed by atoms with E-state index in [0.29, 0.717) is 53.2 Å². The predicted molar refractivity (Wildman–Crippen MR) is 170 cm³/mol. The van der Waals surface area contributed by atoms with Gasteiger partial charge in [0.15, 0.2) is 0 Å². The fraction of sp³-hybridized carbons (Fsp3) is 0.424. The van der Waals surface area contributed by atoms with Crippen LogP contribution in [0.25, 0.3) is 16.7 Å². The van der Waals surface area contributed by atoms with Gasteiger partial charge < -0.3 is 10.1 Å². The average Bonchev–Trinajstić information content (AvgIpc) is 3.52. The molecule has 0 spiro atoms. The van der Waals surface area contributed by atoms with Crippen LogP contribution in [0.2, 0.25) is 5.02 Å². The third-order valence-electron chi connectivity index (χ3n) is 8.42. The first-order chi connectivity index (χ1) is 21.0. The zero-order valence-electron chi connectivity index (χ0n) is 25.5. The number of fused-ring (bicyclic) bond motifs is 2. The Labute approximate surface area is 261 Å². The molecular formula is C33H37ClN6O4. The minimum Gasteiger partial charge on any atom is -0.443 e. The molecule has 10 nitrogen and oxygen atoms in total. The van der Waals surface area contributed by atoms with Gasteiger partial charge >= 0.3 is 11.8 Å². The van der Waals surface area contributed by atoms with Crippen LogP contribution in [-0.2, 0) is 17.7 Å². The molecule has 1 aliphatic carbocycles. The van der Waals surface area contributed by atoms with Gasteiger partial charge in [0.2, 0.25) is 0 Å². The highest BCUT2D eigenvalue weighted by atomic mass is 35.5. The number of rotatable bonds is 5. The Kier molecular flexibility index (Phi) is 7.96. The second kappa shape index (κ2) is 11.7. The Hall–Kier alpha value is -4.18. The summed E-state index contributed by atoms with van der Waals surface area (Å²) in [6.45, 7) is 8.39. The molecule has 1 aliphatic heterocycles. The molecule has 4 aromatic rings. The van der Waals surface area contributed by atoms with Gasteiger partial charge in [0, 0.05) is 25.3 Å². The fourth-order valence-corrected chi connectivity index (χ4v) is 6.41. The summed E-state index contributed by atoms with van der Waals surface area (Å²) in [6, 6.07) is 11.5. The molecule has 6 rings (SSSR count). The highest BCUT2D eigenvalue weighted by molar-refractivity contribution is 6.30. The van der Waals surface area contributed by atoms with Gasteiger partial charge in [-0.15, -0.1) is 0 Å². The van der Waals surface area contributed by atoms with Gasteiger partial charge in [-0.3, -0.25) is 23.8 Å². The van der Waals surface area contributed by atoms with E-state index in [9.17, 15) is 14.4 Å². The summed E-state index contributed by atoms with van der Waals surface area (Å²) in [5, 5.41) is 3.58. The largest absolute Gasteiger partial charge is 0.443 e. The minimum atomic E-state index is -0.601. The summed E-state index contributed by atoms with van der Waals surface area (Å²) >= 11 is 6.06. The minimum absolute atomic E-state index is 0.0629. The Morgan fingerprint density at radius 2 is 1.77 bits per heavy atom. The van der Waals surface area contributed by atoms with E-state index in [1.807, 2.05) is 55.7 Å². The number of hydrogen-bond acceptors (Lipinski definition) is 6. The van der Waals surface area contributed by atoms with Crippen LogP contribution in [0.3, 0.4) is 0 Å². The maximum atomic E-state index is 14.0. The van der Waals surface area contributed by atoms with Gasteiger partial charge in [-0.05, 0) is 95.5 Å². The second-order valence-corrected chi connectivity index (χ2v) is 13.2. The number of carbonyl (C=O) groups is 2. The summed E-state index contributed by atoms with van der Waals surface area (Å²) in [5.41, 5.74) is 3.69. The van der Waals surface area contributed by atoms with Crippen molar-refractivity contribution in [2.45, 2.75) is 78.0 Å². The van der Waals surface area contributed by atoms with Crippen LogP contribution < -0.4 is 15.9 Å². The molecule has 1 aromatic carbocycles. The number of para-hydroxylation sites is 2. The average molecular weight is 617 g/mol. The van der Waals surface area contributed by atoms with Crippen molar-refractivity contribution in [3.63, 3.8) is 0 Å². The number of carbonyl (C=O) groups excluding carboxylic acids is 2. The SMILES string of the molecule is Cc1ncc(Cl)cc1C(=O)NC1CCC(Cn2c(=O)n(-c3cnc4c(c3)CCN4C(=O)OC(C)(C)C)c3ccccc32)CC1. The van der Waals surface area contributed by atoms with Gasteiger partial charge in [0.25, 0.3) is 5.91 Å². The molecule has 4 heterocycles. The lowest BCUT2D eigenvalue weighted by Gasteiger charge is -2.29. The summed E-state index contributed by atoms with van der Waals surface area (Å²) in [5.74, 6) is 0.720. The first-order valence-electron chi connectivity index (χ1n) is 15.1. The summed E-state index contributed by atoms with van der Waals surface area (Å²) in [4.78, 5) is 49.9. The highest BCUT2D eigenvalue weighted by Crippen LogP contribution is 2.31. The van der Waals surface area contributed by atoms with Crippen molar-refractivity contribution < 1.29 is 14.3 Å². The Morgan fingerprint density at radius 1 is 1.05 bits per heavy atom. The molecule has 2 aliphatic rings. The topological polar surface area (TPSA) is 111 Å². The predicted octanol–water partition coefficient (Wildman–Crippen LogP) is 5.83. The number of halogens is 1. The van der Waals surface area contributed by atoms with Gasteiger partial charge in [0.05, 0.1) is 39.2 Å². The second-order valence-electron chi connectivity index (χ2n) is 12.8. The summed E-state index contributed by atoms with van der Waals surface area (Å²) in [6.07, 6.45) is 6.87. The van der Waals surface area contributed by atoms with Crippen molar-refractivity contribution >= 4 is 40.5 Å². The van der Waals surface area contributed by atoms with Gasteiger partial charge in [-0.2, -0.15) is 0 Å². The number of aromatic nitrogens is 4. The number of aryl methyl sites for hydroxylation is 1. The van der Waals surface area contributed by atoms with E-state index in [-0.39, 0.29) is 17.6 Å². The number of pyridine rings is 2. The molecule has 230 valence electrons. The number of imidazole rings is 1. The van der Waals surface area contributed by atoms with Crippen LogP contribution in [-0.4, -0.2) is 49.3 Å². The van der Waals surface area contributed by atoms with Crippen molar-refractivity contribution in [1.29, 1.82) is 0 Å². The molecule has 2 amide bonds. The lowest BCUT2D eigenvalue weighted by atomic mass is 9.85. The molecule has 0 radical (unpaired) electrons. The van der Waals surface area contributed by atoms with Crippen molar-refractivity contribution in [2.24, 2.45) is 5.92 Å². The Bertz CT molecular complexity index is 1800. The number of ether oxygens (including phenoxy) is 1. The number of benzene rings is 1. The number of hydrogen-bond donors (Lipinski definition) is 1. The first kappa shape index (κ1) is 29.9. The quantitative estimate of drug-likeness (QED) is 0.302. The zero-order valence-corrected chi connectivity index (χ0v) is 26.2. The van der Waals surface area contributed by atoms with E-state index in [0.717, 1.165) is 42.3 Å². The van der Waals surface area contributed by atoms with Crippen molar-refractivity contribution in [2.75, 3.05) is 11.4 Å². The standard InChI is InChI=1S/C33H37ClN6O4/c1-20-26(16-23(34)17-35-20)30(41)37-24-11-9-21(10-12-24)19-39-27-7-5-6-8-28(27)40(31(39)42)25-15-22-13-14-38(29(22)36-18-25)32(43)44-33(2,3)4/h5-8,15-18,21,24H,9-14,19H2,1-4H3,(H,37,41). The third kappa shape index (κ3) is 5.95. The number of nitrogens with one attached hydrogen (secondary N) is 1. The van der Waals surface area contributed by atoms with E-state index in [2.05, 4.69) is 15.3 Å². The fourth-order valence-electron chi connectivity index (χ4n) is 6.26. The molecule has 44 heavy (non-hydrogen) atoms. The summed E-state index contributed by atoms with van der Waals surface area (Å²) < 4.78 is 9.14. The van der Waals surface area contributed by atoms with Gasteiger partial charge in [-0.1, -0.05) is 23.7 Å².